The first-order chi connectivity index (χ1) is 9.08. The molecular formula is C16H33NO2. The average molecular weight is 271 g/mol. The molecule has 0 saturated heterocycles. The van der Waals surface area contributed by atoms with Crippen molar-refractivity contribution in [3.05, 3.63) is 0 Å². The maximum Gasteiger partial charge on any atom is 0.0700 e. The van der Waals surface area contributed by atoms with Gasteiger partial charge in [0.1, 0.15) is 0 Å². The van der Waals surface area contributed by atoms with E-state index in [1.807, 2.05) is 0 Å². The summed E-state index contributed by atoms with van der Waals surface area (Å²) in [6.45, 7) is 11.6. The molecule has 114 valence electrons. The van der Waals surface area contributed by atoms with E-state index in [9.17, 15) is 0 Å². The average Bonchev–Trinajstić information content (AvgIpc) is 3.17. The number of nitrogens with one attached hydrogen (secondary N) is 1. The van der Waals surface area contributed by atoms with E-state index >= 15 is 0 Å². The highest BCUT2D eigenvalue weighted by Crippen LogP contribution is 2.47. The minimum atomic E-state index is 0.472. The van der Waals surface area contributed by atoms with Gasteiger partial charge in [-0.15, -0.1) is 0 Å². The molecule has 0 aromatic heterocycles. The summed E-state index contributed by atoms with van der Waals surface area (Å²) in [6.07, 6.45) is 5.28. The lowest BCUT2D eigenvalue weighted by atomic mass is 9.80. The first-order valence-electron chi connectivity index (χ1n) is 7.86. The second-order valence-electron chi connectivity index (χ2n) is 6.66. The molecule has 1 N–H and O–H groups in total. The molecule has 1 rings (SSSR count). The van der Waals surface area contributed by atoms with E-state index in [4.69, 9.17) is 9.47 Å². The van der Waals surface area contributed by atoms with Crippen molar-refractivity contribution in [2.45, 2.75) is 46.5 Å². The Kier molecular flexibility index (Phi) is 7.96. The molecular weight excluding hydrogens is 238 g/mol. The van der Waals surface area contributed by atoms with Crippen molar-refractivity contribution in [2.75, 3.05) is 40.0 Å². The fraction of sp³-hybridized carbons (Fsp3) is 1.00. The van der Waals surface area contributed by atoms with Crippen LogP contribution in [-0.2, 0) is 9.47 Å². The molecule has 0 heterocycles. The molecule has 1 saturated carbocycles. The molecule has 0 aliphatic heterocycles. The quantitative estimate of drug-likeness (QED) is 0.553. The largest absolute Gasteiger partial charge is 0.382 e. The number of rotatable bonds is 12. The molecule has 0 amide bonds. The van der Waals surface area contributed by atoms with E-state index in [2.05, 4.69) is 26.1 Å². The van der Waals surface area contributed by atoms with E-state index in [0.717, 1.165) is 38.1 Å². The van der Waals surface area contributed by atoms with Crippen LogP contribution in [0.5, 0.6) is 0 Å². The van der Waals surface area contributed by atoms with Gasteiger partial charge in [-0.05, 0) is 49.5 Å². The van der Waals surface area contributed by atoms with Crippen LogP contribution in [0.3, 0.4) is 0 Å². The maximum absolute atomic E-state index is 5.57. The van der Waals surface area contributed by atoms with Crippen LogP contribution in [0.15, 0.2) is 0 Å². The first-order valence-corrected chi connectivity index (χ1v) is 7.86. The number of hydrogen-bond acceptors (Lipinski definition) is 3. The monoisotopic (exact) mass is 271 g/mol. The Morgan fingerprint density at radius 3 is 2.53 bits per heavy atom. The minimum absolute atomic E-state index is 0.472. The summed E-state index contributed by atoms with van der Waals surface area (Å²) in [7, 11) is 1.72. The van der Waals surface area contributed by atoms with Gasteiger partial charge in [0, 0.05) is 20.3 Å². The summed E-state index contributed by atoms with van der Waals surface area (Å²) >= 11 is 0. The lowest BCUT2D eigenvalue weighted by molar-refractivity contribution is 0.0627. The van der Waals surface area contributed by atoms with Gasteiger partial charge in [-0.2, -0.15) is 0 Å². The summed E-state index contributed by atoms with van der Waals surface area (Å²) in [5, 5.41) is 3.65. The Bertz CT molecular complexity index is 229. The molecule has 1 aliphatic rings. The third-order valence-electron chi connectivity index (χ3n) is 4.11. The van der Waals surface area contributed by atoms with Gasteiger partial charge in [-0.25, -0.2) is 0 Å². The minimum Gasteiger partial charge on any atom is -0.382 e. The number of hydrogen-bond donors (Lipinski definition) is 1. The summed E-state index contributed by atoms with van der Waals surface area (Å²) in [6, 6.07) is 0. The molecule has 1 unspecified atom stereocenters. The molecule has 1 fully saturated rings. The molecule has 0 aromatic carbocycles. The van der Waals surface area contributed by atoms with Crippen molar-refractivity contribution in [1.82, 2.24) is 5.32 Å². The highest BCUT2D eigenvalue weighted by Gasteiger charge is 2.40. The Morgan fingerprint density at radius 1 is 1.21 bits per heavy atom. The van der Waals surface area contributed by atoms with Gasteiger partial charge in [0.2, 0.25) is 0 Å². The van der Waals surface area contributed by atoms with Crippen molar-refractivity contribution in [3.8, 4) is 0 Å². The van der Waals surface area contributed by atoms with Gasteiger partial charge in [0.15, 0.2) is 0 Å². The van der Waals surface area contributed by atoms with Crippen molar-refractivity contribution < 1.29 is 9.47 Å². The predicted molar refractivity (Wildman–Crippen MR) is 80.5 cm³/mol. The zero-order valence-corrected chi connectivity index (χ0v) is 13.3. The highest BCUT2D eigenvalue weighted by molar-refractivity contribution is 4.92. The van der Waals surface area contributed by atoms with Crippen LogP contribution in [0.25, 0.3) is 0 Å². The Hall–Kier alpha value is -0.120. The summed E-state index contributed by atoms with van der Waals surface area (Å²) < 4.78 is 10.5. The molecule has 0 aromatic rings. The van der Waals surface area contributed by atoms with Gasteiger partial charge in [0.05, 0.1) is 13.2 Å². The molecule has 0 bridgehead atoms. The highest BCUT2D eigenvalue weighted by atomic mass is 16.5. The van der Waals surface area contributed by atoms with Crippen LogP contribution >= 0.6 is 0 Å². The van der Waals surface area contributed by atoms with E-state index in [1.54, 1.807) is 7.11 Å². The molecule has 0 spiro atoms. The van der Waals surface area contributed by atoms with Crippen molar-refractivity contribution in [1.29, 1.82) is 0 Å². The van der Waals surface area contributed by atoms with Gasteiger partial charge in [-0.3, -0.25) is 0 Å². The third-order valence-corrected chi connectivity index (χ3v) is 4.11. The summed E-state index contributed by atoms with van der Waals surface area (Å²) in [5.74, 6) is 1.67. The van der Waals surface area contributed by atoms with Crippen LogP contribution in [0, 0.1) is 17.3 Å². The van der Waals surface area contributed by atoms with Crippen molar-refractivity contribution in [3.63, 3.8) is 0 Å². The molecule has 19 heavy (non-hydrogen) atoms. The zero-order chi connectivity index (χ0) is 14.1. The maximum atomic E-state index is 5.57. The zero-order valence-electron chi connectivity index (χ0n) is 13.3. The smallest absolute Gasteiger partial charge is 0.0700 e. The standard InChI is InChI=1S/C16H33NO2/c1-14(2)12-17-13-16(3,15-6-7-15)8-5-9-19-11-10-18-4/h14-15,17H,5-13H2,1-4H3. The Morgan fingerprint density at radius 2 is 1.95 bits per heavy atom. The molecule has 0 radical (unpaired) electrons. The molecule has 3 nitrogen and oxygen atoms in total. The number of ether oxygens (including phenoxy) is 2. The van der Waals surface area contributed by atoms with Crippen LogP contribution in [0.4, 0.5) is 0 Å². The third kappa shape index (κ3) is 7.28. The fourth-order valence-electron chi connectivity index (χ4n) is 2.69. The lowest BCUT2D eigenvalue weighted by Gasteiger charge is -2.30. The topological polar surface area (TPSA) is 30.5 Å². The fourth-order valence-corrected chi connectivity index (χ4v) is 2.69. The summed E-state index contributed by atoms with van der Waals surface area (Å²) in [4.78, 5) is 0. The van der Waals surface area contributed by atoms with Gasteiger partial charge in [0.25, 0.3) is 0 Å². The van der Waals surface area contributed by atoms with Gasteiger partial charge >= 0.3 is 0 Å². The van der Waals surface area contributed by atoms with Crippen LogP contribution in [0.1, 0.15) is 46.5 Å². The van der Waals surface area contributed by atoms with Gasteiger partial charge in [-0.1, -0.05) is 20.8 Å². The predicted octanol–water partition coefficient (Wildman–Crippen LogP) is 3.09. The Balaban J connectivity index is 2.16. The van der Waals surface area contributed by atoms with Gasteiger partial charge < -0.3 is 14.8 Å². The van der Waals surface area contributed by atoms with E-state index in [1.165, 1.54) is 25.7 Å². The molecule has 3 heteroatoms. The Labute approximate surface area is 119 Å². The van der Waals surface area contributed by atoms with E-state index in [0.29, 0.717) is 12.0 Å². The second kappa shape index (κ2) is 8.93. The SMILES string of the molecule is COCCOCCCC(C)(CNCC(C)C)C1CC1. The normalized spacial score (nSPS) is 18.8. The van der Waals surface area contributed by atoms with Crippen molar-refractivity contribution in [2.24, 2.45) is 17.3 Å². The van der Waals surface area contributed by atoms with E-state index < -0.39 is 0 Å². The van der Waals surface area contributed by atoms with E-state index in [-0.39, 0.29) is 0 Å². The molecule has 1 atom stereocenters. The lowest BCUT2D eigenvalue weighted by Crippen LogP contribution is -2.35. The van der Waals surface area contributed by atoms with Crippen LogP contribution < -0.4 is 5.32 Å². The number of methoxy groups -OCH3 is 1. The second-order valence-corrected chi connectivity index (χ2v) is 6.66. The van der Waals surface area contributed by atoms with Crippen LogP contribution in [0.2, 0.25) is 0 Å². The first kappa shape index (κ1) is 16.9. The van der Waals surface area contributed by atoms with Crippen molar-refractivity contribution >= 4 is 0 Å². The summed E-state index contributed by atoms with van der Waals surface area (Å²) in [5.41, 5.74) is 0.472. The molecule has 1 aliphatic carbocycles. The van der Waals surface area contributed by atoms with Crippen LogP contribution in [-0.4, -0.2) is 40.0 Å².